The van der Waals surface area contributed by atoms with Crippen LogP contribution in [0.5, 0.6) is 0 Å². The maximum absolute atomic E-state index is 15.1. The predicted molar refractivity (Wildman–Crippen MR) is 152 cm³/mol. The molecule has 1 aromatic heterocycles. The second kappa shape index (κ2) is 11.0. The molecule has 3 aromatic carbocycles. The van der Waals surface area contributed by atoms with Crippen LogP contribution in [-0.4, -0.2) is 21.6 Å². The van der Waals surface area contributed by atoms with Crippen molar-refractivity contribution < 1.29 is 14.0 Å². The van der Waals surface area contributed by atoms with Crippen LogP contribution in [-0.2, 0) is 12.1 Å². The Bertz CT molecular complexity index is 1560. The Kier molecular flexibility index (Phi) is 7.51. The van der Waals surface area contributed by atoms with Gasteiger partial charge in [-0.3, -0.25) is 9.59 Å². The first-order chi connectivity index (χ1) is 19.2. The zero-order chi connectivity index (χ0) is 28.4. The van der Waals surface area contributed by atoms with Gasteiger partial charge >= 0.3 is 0 Å². The molecular weight excluding hydrogens is 507 g/mol. The smallest absolute Gasteiger partial charge is 0.274 e. The molecule has 4 aromatic rings. The van der Waals surface area contributed by atoms with E-state index in [1.54, 1.807) is 30.3 Å². The second-order valence-corrected chi connectivity index (χ2v) is 10.5. The summed E-state index contributed by atoms with van der Waals surface area (Å²) in [7, 11) is 0. The van der Waals surface area contributed by atoms with Crippen LogP contribution in [0.15, 0.2) is 72.8 Å². The fourth-order valence-corrected chi connectivity index (χ4v) is 4.90. The Hall–Kier alpha value is -4.34. The molecule has 40 heavy (non-hydrogen) atoms. The summed E-state index contributed by atoms with van der Waals surface area (Å²) in [5.41, 5.74) is 21.4. The number of carbonyl (C=O) groups excluding carboxylic acids is 2. The number of carbonyl (C=O) groups is 2. The van der Waals surface area contributed by atoms with Gasteiger partial charge in [-0.05, 0) is 66.6 Å². The molecule has 2 amide bonds. The lowest BCUT2D eigenvalue weighted by Crippen LogP contribution is -2.38. The van der Waals surface area contributed by atoms with Gasteiger partial charge in [0.05, 0.1) is 16.9 Å². The van der Waals surface area contributed by atoms with Crippen LogP contribution in [0.4, 0.5) is 10.1 Å². The Morgan fingerprint density at radius 3 is 2.45 bits per heavy atom. The Balaban J connectivity index is 1.50. The third-order valence-corrected chi connectivity index (χ3v) is 7.53. The van der Waals surface area contributed by atoms with Gasteiger partial charge in [0.2, 0.25) is 0 Å². The van der Waals surface area contributed by atoms with Crippen LogP contribution >= 0.6 is 0 Å². The minimum absolute atomic E-state index is 0.0130. The van der Waals surface area contributed by atoms with Crippen molar-refractivity contribution in [2.45, 2.75) is 44.7 Å². The summed E-state index contributed by atoms with van der Waals surface area (Å²) in [6.07, 6.45) is 4.04. The molecule has 0 saturated heterocycles. The monoisotopic (exact) mass is 540 g/mol. The number of rotatable bonds is 10. The van der Waals surface area contributed by atoms with E-state index in [1.165, 1.54) is 29.7 Å². The molecule has 5 rings (SSSR count). The molecule has 1 aliphatic carbocycles. The minimum atomic E-state index is -0.868. The van der Waals surface area contributed by atoms with E-state index in [2.05, 4.69) is 10.4 Å². The van der Waals surface area contributed by atoms with Gasteiger partial charge in [0, 0.05) is 12.6 Å². The Morgan fingerprint density at radius 1 is 1.05 bits per heavy atom. The summed E-state index contributed by atoms with van der Waals surface area (Å²) in [4.78, 5) is 25.4. The number of nitrogens with two attached hydrogens (primary N) is 3. The molecule has 1 aliphatic rings. The van der Waals surface area contributed by atoms with Crippen molar-refractivity contribution in [3.63, 3.8) is 0 Å². The molecule has 8 nitrogen and oxygen atoms in total. The number of aryl methyl sites for hydroxylation is 1. The summed E-state index contributed by atoms with van der Waals surface area (Å²) in [5, 5.41) is 6.88. The van der Waals surface area contributed by atoms with E-state index in [0.717, 1.165) is 23.1 Å². The van der Waals surface area contributed by atoms with Gasteiger partial charge in [0.25, 0.3) is 11.8 Å². The maximum Gasteiger partial charge on any atom is 0.274 e. The number of halogens is 1. The summed E-state index contributed by atoms with van der Waals surface area (Å²) in [6.45, 7) is 2.29. The van der Waals surface area contributed by atoms with E-state index >= 15 is 4.39 Å². The van der Waals surface area contributed by atoms with Crippen molar-refractivity contribution in [2.24, 2.45) is 23.1 Å². The third kappa shape index (κ3) is 5.66. The molecular formula is C31H33FN6O2. The van der Waals surface area contributed by atoms with E-state index in [9.17, 15) is 9.59 Å². The zero-order valence-corrected chi connectivity index (χ0v) is 22.4. The molecule has 9 heteroatoms. The number of amides is 2. The van der Waals surface area contributed by atoms with Crippen LogP contribution < -0.4 is 22.5 Å². The number of nitrogens with zero attached hydrogens (tertiary/aromatic N) is 2. The van der Waals surface area contributed by atoms with E-state index < -0.39 is 23.2 Å². The van der Waals surface area contributed by atoms with Crippen LogP contribution in [0.3, 0.4) is 0 Å². The topological polar surface area (TPSA) is 142 Å². The minimum Gasteiger partial charge on any atom is -0.364 e. The molecule has 1 heterocycles. The van der Waals surface area contributed by atoms with Gasteiger partial charge < -0.3 is 22.5 Å². The van der Waals surface area contributed by atoms with Crippen LogP contribution in [0.25, 0.3) is 5.69 Å². The van der Waals surface area contributed by atoms with E-state index in [0.29, 0.717) is 23.6 Å². The SMILES string of the molecule is Cc1ccc(C(N)(CCC2CC2)c2ccc(F)c(NC(=O)c3cc(C(N)=O)nn3-c3cccc(CN)c3)c2)cc1. The van der Waals surface area contributed by atoms with Crippen LogP contribution in [0, 0.1) is 18.7 Å². The molecule has 1 unspecified atom stereocenters. The van der Waals surface area contributed by atoms with Gasteiger partial charge in [-0.15, -0.1) is 0 Å². The van der Waals surface area contributed by atoms with Gasteiger partial charge in [-0.1, -0.05) is 60.9 Å². The van der Waals surface area contributed by atoms with Crippen molar-refractivity contribution in [3.05, 3.63) is 112 Å². The summed E-state index contributed by atoms with van der Waals surface area (Å²) in [6, 6.07) is 21.0. The fraction of sp³-hybridized carbons (Fsp3) is 0.258. The number of anilines is 1. The highest BCUT2D eigenvalue weighted by Crippen LogP contribution is 2.40. The molecule has 1 saturated carbocycles. The van der Waals surface area contributed by atoms with E-state index in [1.807, 2.05) is 37.3 Å². The molecule has 1 fully saturated rings. The average Bonchev–Trinajstić information content (AvgIpc) is 3.68. The standard InChI is InChI=1S/C31H33FN6O2/c1-19-5-9-22(10-6-19)31(35,14-13-20-7-8-20)23-11-12-25(32)26(16-23)36-30(40)28-17-27(29(34)39)37-38(28)24-4-2-3-21(15-24)18-33/h2-6,9-12,15-17,20H,7-8,13-14,18,33,35H2,1H3,(H2,34,39)(H,36,40). The Morgan fingerprint density at radius 2 is 1.77 bits per heavy atom. The highest BCUT2D eigenvalue weighted by atomic mass is 19.1. The first-order valence-corrected chi connectivity index (χ1v) is 13.3. The molecule has 7 N–H and O–H groups in total. The van der Waals surface area contributed by atoms with Gasteiger partial charge in [0.1, 0.15) is 11.5 Å². The fourth-order valence-electron chi connectivity index (χ4n) is 4.90. The molecule has 1 atom stereocenters. The highest BCUT2D eigenvalue weighted by molar-refractivity contribution is 6.05. The third-order valence-electron chi connectivity index (χ3n) is 7.53. The van der Waals surface area contributed by atoms with Crippen molar-refractivity contribution >= 4 is 17.5 Å². The molecule has 0 radical (unpaired) electrons. The lowest BCUT2D eigenvalue weighted by Gasteiger charge is -2.32. The van der Waals surface area contributed by atoms with Crippen molar-refractivity contribution in [1.29, 1.82) is 0 Å². The van der Waals surface area contributed by atoms with E-state index in [-0.39, 0.29) is 23.6 Å². The van der Waals surface area contributed by atoms with Crippen molar-refractivity contribution in [2.75, 3.05) is 5.32 Å². The summed E-state index contributed by atoms with van der Waals surface area (Å²) < 4.78 is 16.4. The van der Waals surface area contributed by atoms with Crippen molar-refractivity contribution in [3.8, 4) is 5.69 Å². The van der Waals surface area contributed by atoms with Crippen LogP contribution in [0.2, 0.25) is 0 Å². The largest absolute Gasteiger partial charge is 0.364 e. The number of hydrogen-bond donors (Lipinski definition) is 4. The number of primary amides is 1. The van der Waals surface area contributed by atoms with Gasteiger partial charge in [0.15, 0.2) is 5.69 Å². The normalized spacial score (nSPS) is 14.5. The average molecular weight is 541 g/mol. The first-order valence-electron chi connectivity index (χ1n) is 13.3. The summed E-state index contributed by atoms with van der Waals surface area (Å²) >= 11 is 0. The highest BCUT2D eigenvalue weighted by Gasteiger charge is 2.33. The van der Waals surface area contributed by atoms with Gasteiger partial charge in [-0.2, -0.15) is 5.10 Å². The van der Waals surface area contributed by atoms with Crippen molar-refractivity contribution in [1.82, 2.24) is 9.78 Å². The quantitative estimate of drug-likeness (QED) is 0.234. The number of nitrogens with one attached hydrogen (secondary N) is 1. The molecule has 0 spiro atoms. The number of aromatic nitrogens is 2. The molecule has 206 valence electrons. The number of benzene rings is 3. The lowest BCUT2D eigenvalue weighted by molar-refractivity contribution is 0.0993. The zero-order valence-electron chi connectivity index (χ0n) is 22.4. The Labute approximate surface area is 232 Å². The summed E-state index contributed by atoms with van der Waals surface area (Å²) in [5.74, 6) is -1.41. The lowest BCUT2D eigenvalue weighted by atomic mass is 9.79. The first kappa shape index (κ1) is 27.2. The molecule has 0 bridgehead atoms. The molecule has 0 aliphatic heterocycles. The second-order valence-electron chi connectivity index (χ2n) is 10.5. The van der Waals surface area contributed by atoms with Crippen LogP contribution in [0.1, 0.15) is 68.9 Å². The maximum atomic E-state index is 15.1. The van der Waals surface area contributed by atoms with Gasteiger partial charge in [-0.25, -0.2) is 9.07 Å². The predicted octanol–water partition coefficient (Wildman–Crippen LogP) is 4.52. The van der Waals surface area contributed by atoms with E-state index in [4.69, 9.17) is 17.2 Å². The number of hydrogen-bond acceptors (Lipinski definition) is 5.